The van der Waals surface area contributed by atoms with Gasteiger partial charge in [-0.15, -0.1) is 0 Å². The Morgan fingerprint density at radius 1 is 1.18 bits per heavy atom. The van der Waals surface area contributed by atoms with Crippen molar-refractivity contribution in [3.8, 4) is 5.75 Å². The second-order valence-electron chi connectivity index (χ2n) is 3.72. The highest BCUT2D eigenvalue weighted by Gasteiger charge is 2.28. The highest BCUT2D eigenvalue weighted by Crippen LogP contribution is 2.18. The molecule has 1 N–H and O–H groups in total. The van der Waals surface area contributed by atoms with Gasteiger partial charge in [0.25, 0.3) is 0 Å². The van der Waals surface area contributed by atoms with E-state index in [2.05, 4.69) is 17.0 Å². The summed E-state index contributed by atoms with van der Waals surface area (Å²) in [6.07, 6.45) is -3.24. The van der Waals surface area contributed by atoms with Gasteiger partial charge in [0, 0.05) is 6.54 Å². The summed E-state index contributed by atoms with van der Waals surface area (Å²) < 4.78 is 40.3. The Morgan fingerprint density at radius 3 is 2.35 bits per heavy atom. The lowest BCUT2D eigenvalue weighted by molar-refractivity contribution is -0.153. The molecule has 1 aromatic carbocycles. The predicted molar refractivity (Wildman–Crippen MR) is 60.0 cm³/mol. The first-order valence-corrected chi connectivity index (χ1v) is 5.50. The summed E-state index contributed by atoms with van der Waals surface area (Å²) in [5.41, 5.74) is 1.03. The van der Waals surface area contributed by atoms with E-state index in [1.807, 2.05) is 0 Å². The summed E-state index contributed by atoms with van der Waals surface area (Å²) >= 11 is 0. The van der Waals surface area contributed by atoms with Gasteiger partial charge < -0.3 is 10.1 Å². The first-order valence-electron chi connectivity index (χ1n) is 5.50. The van der Waals surface area contributed by atoms with Gasteiger partial charge in [-0.25, -0.2) is 0 Å². The summed E-state index contributed by atoms with van der Waals surface area (Å²) in [6, 6.07) is 6.62. The lowest BCUT2D eigenvalue weighted by Gasteiger charge is -2.09. The van der Waals surface area contributed by atoms with Crippen LogP contribution in [0, 0.1) is 0 Å². The molecule has 0 radical (unpaired) electrons. The number of benzene rings is 1. The van der Waals surface area contributed by atoms with Gasteiger partial charge in [-0.1, -0.05) is 19.1 Å². The second-order valence-corrected chi connectivity index (χ2v) is 3.72. The maximum Gasteiger partial charge on any atom is 0.422 e. The number of hydrogen-bond acceptors (Lipinski definition) is 2. The van der Waals surface area contributed by atoms with Crippen molar-refractivity contribution in [2.75, 3.05) is 13.2 Å². The number of alkyl halides is 3. The molecule has 0 bridgehead atoms. The van der Waals surface area contributed by atoms with Gasteiger partial charge in [-0.3, -0.25) is 0 Å². The van der Waals surface area contributed by atoms with Gasteiger partial charge in [-0.05, 0) is 30.7 Å². The molecule has 0 aliphatic carbocycles. The van der Waals surface area contributed by atoms with Gasteiger partial charge >= 0.3 is 6.18 Å². The molecule has 96 valence electrons. The maximum absolute atomic E-state index is 11.9. The molecule has 2 nitrogen and oxygen atoms in total. The largest absolute Gasteiger partial charge is 0.484 e. The van der Waals surface area contributed by atoms with E-state index in [4.69, 9.17) is 0 Å². The molecule has 5 heteroatoms. The van der Waals surface area contributed by atoms with Gasteiger partial charge in [-0.2, -0.15) is 13.2 Å². The monoisotopic (exact) mass is 247 g/mol. The number of nitrogens with one attached hydrogen (secondary N) is 1. The summed E-state index contributed by atoms with van der Waals surface area (Å²) in [6.45, 7) is 2.46. The fourth-order valence-corrected chi connectivity index (χ4v) is 1.28. The topological polar surface area (TPSA) is 21.3 Å². The Hall–Kier alpha value is -1.23. The summed E-state index contributed by atoms with van der Waals surface area (Å²) in [7, 11) is 0. The highest BCUT2D eigenvalue weighted by molar-refractivity contribution is 5.27. The van der Waals surface area contributed by atoms with Crippen molar-refractivity contribution in [1.29, 1.82) is 0 Å². The van der Waals surface area contributed by atoms with Crippen molar-refractivity contribution in [3.05, 3.63) is 29.8 Å². The van der Waals surface area contributed by atoms with Crippen LogP contribution in [0.1, 0.15) is 18.9 Å². The molecular weight excluding hydrogens is 231 g/mol. The van der Waals surface area contributed by atoms with Gasteiger partial charge in [0.1, 0.15) is 5.75 Å². The van der Waals surface area contributed by atoms with Crippen molar-refractivity contribution in [3.63, 3.8) is 0 Å². The smallest absolute Gasteiger partial charge is 0.422 e. The molecule has 0 fully saturated rings. The quantitative estimate of drug-likeness (QED) is 0.780. The minimum Gasteiger partial charge on any atom is -0.484 e. The molecule has 0 heterocycles. The molecule has 0 amide bonds. The van der Waals surface area contributed by atoms with E-state index >= 15 is 0 Å². The zero-order valence-electron chi connectivity index (χ0n) is 9.68. The van der Waals surface area contributed by atoms with Gasteiger partial charge in [0.05, 0.1) is 0 Å². The molecule has 0 aliphatic rings. The third-order valence-electron chi connectivity index (χ3n) is 2.08. The molecule has 0 saturated heterocycles. The number of halogens is 3. The molecule has 1 aromatic rings. The fraction of sp³-hybridized carbons (Fsp3) is 0.500. The Balaban J connectivity index is 2.39. The minimum absolute atomic E-state index is 0.238. The van der Waals surface area contributed by atoms with E-state index in [1.54, 1.807) is 24.3 Å². The molecule has 0 atom stereocenters. The number of ether oxygens (including phenoxy) is 1. The minimum atomic E-state index is -4.29. The lowest BCUT2D eigenvalue weighted by atomic mass is 10.2. The number of rotatable bonds is 6. The van der Waals surface area contributed by atoms with Crippen LogP contribution in [0.3, 0.4) is 0 Å². The first kappa shape index (κ1) is 13.8. The van der Waals surface area contributed by atoms with E-state index in [9.17, 15) is 13.2 Å². The zero-order chi connectivity index (χ0) is 12.7. The molecule has 0 aromatic heterocycles. The molecule has 0 saturated carbocycles. The highest BCUT2D eigenvalue weighted by atomic mass is 19.4. The average Bonchev–Trinajstić information content (AvgIpc) is 2.27. The van der Waals surface area contributed by atoms with Crippen LogP contribution in [0.4, 0.5) is 13.2 Å². The second kappa shape index (κ2) is 6.49. The van der Waals surface area contributed by atoms with E-state index in [1.165, 1.54) is 0 Å². The van der Waals surface area contributed by atoms with Crippen molar-refractivity contribution in [2.24, 2.45) is 0 Å². The Morgan fingerprint density at radius 2 is 1.82 bits per heavy atom. The summed E-state index contributed by atoms with van der Waals surface area (Å²) in [5.74, 6) is 0.238. The summed E-state index contributed by atoms with van der Waals surface area (Å²) in [4.78, 5) is 0. The predicted octanol–water partition coefficient (Wildman–Crippen LogP) is 3.13. The van der Waals surface area contributed by atoms with Gasteiger partial charge in [0.2, 0.25) is 0 Å². The van der Waals surface area contributed by atoms with Crippen molar-refractivity contribution < 1.29 is 17.9 Å². The lowest BCUT2D eigenvalue weighted by Crippen LogP contribution is -2.19. The zero-order valence-corrected chi connectivity index (χ0v) is 9.68. The SMILES string of the molecule is CCCNCc1ccc(OCC(F)(F)F)cc1. The van der Waals surface area contributed by atoms with Crippen molar-refractivity contribution in [1.82, 2.24) is 5.32 Å². The van der Waals surface area contributed by atoms with Crippen LogP contribution in [-0.2, 0) is 6.54 Å². The fourth-order valence-electron chi connectivity index (χ4n) is 1.28. The van der Waals surface area contributed by atoms with Crippen LogP contribution in [0.5, 0.6) is 5.75 Å². The third-order valence-corrected chi connectivity index (χ3v) is 2.08. The van der Waals surface area contributed by atoms with E-state index in [0.717, 1.165) is 18.5 Å². The third kappa shape index (κ3) is 6.16. The number of hydrogen-bond donors (Lipinski definition) is 1. The molecule has 1 rings (SSSR count). The molecular formula is C12H16F3NO. The Labute approximate surface area is 98.8 Å². The molecule has 17 heavy (non-hydrogen) atoms. The van der Waals surface area contributed by atoms with Crippen LogP contribution in [0.15, 0.2) is 24.3 Å². The van der Waals surface area contributed by atoms with Crippen LogP contribution in [0.2, 0.25) is 0 Å². The first-order chi connectivity index (χ1) is 8.01. The normalized spacial score (nSPS) is 11.5. The Kier molecular flexibility index (Phi) is 5.28. The standard InChI is InChI=1S/C12H16F3NO/c1-2-7-16-8-10-3-5-11(6-4-10)17-9-12(13,14)15/h3-6,16H,2,7-9H2,1H3. The Bertz CT molecular complexity index is 322. The van der Waals surface area contributed by atoms with Crippen LogP contribution < -0.4 is 10.1 Å². The van der Waals surface area contributed by atoms with Crippen LogP contribution in [0.25, 0.3) is 0 Å². The molecule has 0 spiro atoms. The average molecular weight is 247 g/mol. The van der Waals surface area contributed by atoms with E-state index in [-0.39, 0.29) is 5.75 Å². The summed E-state index contributed by atoms with van der Waals surface area (Å²) in [5, 5.41) is 3.21. The van der Waals surface area contributed by atoms with Gasteiger partial charge in [0.15, 0.2) is 6.61 Å². The van der Waals surface area contributed by atoms with Crippen LogP contribution in [-0.4, -0.2) is 19.3 Å². The van der Waals surface area contributed by atoms with Crippen LogP contribution >= 0.6 is 0 Å². The van der Waals surface area contributed by atoms with Crippen molar-refractivity contribution >= 4 is 0 Å². The van der Waals surface area contributed by atoms with E-state index < -0.39 is 12.8 Å². The molecule has 0 aliphatic heterocycles. The van der Waals surface area contributed by atoms with E-state index in [0.29, 0.717) is 6.54 Å². The molecule has 0 unspecified atom stereocenters. The maximum atomic E-state index is 11.9. The van der Waals surface area contributed by atoms with Crippen molar-refractivity contribution in [2.45, 2.75) is 26.1 Å².